The fraction of sp³-hybridized carbons (Fsp3) is 0.316. The molecule has 0 spiro atoms. The maximum Gasteiger partial charge on any atom is 0.243 e. The lowest BCUT2D eigenvalue weighted by molar-refractivity contribution is -0.125. The third-order valence-corrected chi connectivity index (χ3v) is 6.83. The molecule has 1 aliphatic heterocycles. The van der Waals surface area contributed by atoms with Crippen molar-refractivity contribution in [2.24, 2.45) is 0 Å². The number of benzene rings is 1. The summed E-state index contributed by atoms with van der Waals surface area (Å²) in [7, 11) is -3.72. The molecule has 1 saturated heterocycles. The lowest BCUT2D eigenvalue weighted by Crippen LogP contribution is -2.51. The minimum atomic E-state index is -3.72. The normalized spacial score (nSPS) is 18.2. The molecule has 2 aromatic heterocycles. The molecule has 8 nitrogen and oxygen atoms in total. The van der Waals surface area contributed by atoms with Gasteiger partial charge in [-0.2, -0.15) is 4.31 Å². The Bertz CT molecular complexity index is 1080. The number of fused-ring (bicyclic) bond motifs is 1. The topological polar surface area (TPSA) is 96.7 Å². The molecule has 4 rings (SSSR count). The quantitative estimate of drug-likeness (QED) is 0.703. The Morgan fingerprint density at radius 2 is 1.86 bits per heavy atom. The van der Waals surface area contributed by atoms with Gasteiger partial charge >= 0.3 is 0 Å². The Hall–Kier alpha value is -2.78. The number of piperidine rings is 1. The number of aromatic nitrogens is 3. The molecule has 3 aromatic rings. The first-order valence-electron chi connectivity index (χ1n) is 9.20. The molecule has 0 bridgehead atoms. The average molecular weight is 399 g/mol. The minimum absolute atomic E-state index is 0.180. The molecule has 146 valence electrons. The van der Waals surface area contributed by atoms with Gasteiger partial charge in [-0.1, -0.05) is 30.7 Å². The number of carbonyl (C=O) groups is 1. The van der Waals surface area contributed by atoms with Crippen LogP contribution in [0.25, 0.3) is 5.65 Å². The predicted octanol–water partition coefficient (Wildman–Crippen LogP) is 1.59. The second kappa shape index (κ2) is 7.69. The molecule has 0 aliphatic carbocycles. The fourth-order valence-electron chi connectivity index (χ4n) is 3.48. The Kier molecular flexibility index (Phi) is 5.10. The molecule has 3 heterocycles. The molecule has 28 heavy (non-hydrogen) atoms. The van der Waals surface area contributed by atoms with E-state index in [1.165, 1.54) is 4.31 Å². The molecule has 0 saturated carbocycles. The number of amides is 1. The molecule has 0 radical (unpaired) electrons. The number of hydrogen-bond acceptors (Lipinski definition) is 5. The molecule has 0 unspecified atom stereocenters. The van der Waals surface area contributed by atoms with Gasteiger partial charge < -0.3 is 5.32 Å². The standard InChI is InChI=1S/C19H21N5O3S/c25-19(20-14-18-22-21-17-11-5-6-12-23(17)18)16-10-4-7-13-24(16)28(26,27)15-8-2-1-3-9-15/h1-3,5-6,8-9,11-12,16H,4,7,10,13-14H2,(H,20,25)/t16-/m1/s1. The largest absolute Gasteiger partial charge is 0.347 e. The lowest BCUT2D eigenvalue weighted by Gasteiger charge is -2.33. The van der Waals surface area contributed by atoms with Crippen LogP contribution in [0.2, 0.25) is 0 Å². The van der Waals surface area contributed by atoms with Gasteiger partial charge in [0.25, 0.3) is 0 Å². The van der Waals surface area contributed by atoms with Crippen molar-refractivity contribution >= 4 is 21.6 Å². The molecule has 1 amide bonds. The van der Waals surface area contributed by atoms with Crippen molar-refractivity contribution in [3.05, 3.63) is 60.6 Å². The van der Waals surface area contributed by atoms with Crippen LogP contribution >= 0.6 is 0 Å². The highest BCUT2D eigenvalue weighted by atomic mass is 32.2. The minimum Gasteiger partial charge on any atom is -0.347 e. The van der Waals surface area contributed by atoms with E-state index in [0.717, 1.165) is 12.8 Å². The zero-order chi connectivity index (χ0) is 19.6. The van der Waals surface area contributed by atoms with E-state index in [2.05, 4.69) is 15.5 Å². The van der Waals surface area contributed by atoms with Crippen molar-refractivity contribution in [3.63, 3.8) is 0 Å². The number of sulfonamides is 1. The number of nitrogens with one attached hydrogen (secondary N) is 1. The first kappa shape index (κ1) is 18.6. The van der Waals surface area contributed by atoms with Crippen molar-refractivity contribution in [2.75, 3.05) is 6.54 Å². The number of rotatable bonds is 5. The Balaban J connectivity index is 1.52. The van der Waals surface area contributed by atoms with Gasteiger partial charge in [0, 0.05) is 12.7 Å². The molecule has 1 N–H and O–H groups in total. The Labute approximate surface area is 163 Å². The van der Waals surface area contributed by atoms with Crippen molar-refractivity contribution in [1.82, 2.24) is 24.2 Å². The van der Waals surface area contributed by atoms with Gasteiger partial charge in [-0.3, -0.25) is 9.20 Å². The highest BCUT2D eigenvalue weighted by Gasteiger charge is 2.37. The van der Waals surface area contributed by atoms with Crippen LogP contribution in [0, 0.1) is 0 Å². The maximum absolute atomic E-state index is 13.0. The van der Waals surface area contributed by atoms with E-state index in [1.807, 2.05) is 24.4 Å². The second-order valence-corrected chi connectivity index (χ2v) is 8.59. The summed E-state index contributed by atoms with van der Waals surface area (Å²) in [6, 6.07) is 13.1. The number of hydrogen-bond donors (Lipinski definition) is 1. The van der Waals surface area contributed by atoms with E-state index in [9.17, 15) is 13.2 Å². The summed E-state index contributed by atoms with van der Waals surface area (Å²) >= 11 is 0. The number of nitrogens with zero attached hydrogens (tertiary/aromatic N) is 4. The van der Waals surface area contributed by atoms with Crippen molar-refractivity contribution < 1.29 is 13.2 Å². The zero-order valence-corrected chi connectivity index (χ0v) is 16.0. The van der Waals surface area contributed by atoms with Crippen LogP contribution < -0.4 is 5.32 Å². The third kappa shape index (κ3) is 3.50. The highest BCUT2D eigenvalue weighted by molar-refractivity contribution is 7.89. The Morgan fingerprint density at radius 3 is 2.68 bits per heavy atom. The van der Waals surface area contributed by atoms with Crippen LogP contribution in [0.4, 0.5) is 0 Å². The monoisotopic (exact) mass is 399 g/mol. The lowest BCUT2D eigenvalue weighted by atomic mass is 10.0. The summed E-state index contributed by atoms with van der Waals surface area (Å²) in [5, 5.41) is 11.0. The molecule has 9 heteroatoms. The van der Waals surface area contributed by atoms with Gasteiger partial charge in [0.2, 0.25) is 15.9 Å². The van der Waals surface area contributed by atoms with E-state index in [4.69, 9.17) is 0 Å². The van der Waals surface area contributed by atoms with Crippen LogP contribution in [0.1, 0.15) is 25.1 Å². The first-order valence-corrected chi connectivity index (χ1v) is 10.6. The molecule has 1 aliphatic rings. The highest BCUT2D eigenvalue weighted by Crippen LogP contribution is 2.25. The van der Waals surface area contributed by atoms with E-state index < -0.39 is 16.1 Å². The molecular weight excluding hydrogens is 378 g/mol. The maximum atomic E-state index is 13.0. The van der Waals surface area contributed by atoms with E-state index in [0.29, 0.717) is 24.4 Å². The summed E-state index contributed by atoms with van der Waals surface area (Å²) in [6.07, 6.45) is 3.87. The van der Waals surface area contributed by atoms with Crippen LogP contribution in [0.5, 0.6) is 0 Å². The van der Waals surface area contributed by atoms with Gasteiger partial charge in [-0.15, -0.1) is 10.2 Å². The molecule has 1 aromatic carbocycles. The first-order chi connectivity index (χ1) is 13.6. The van der Waals surface area contributed by atoms with Crippen LogP contribution in [-0.4, -0.2) is 45.8 Å². The van der Waals surface area contributed by atoms with Crippen molar-refractivity contribution in [3.8, 4) is 0 Å². The summed E-state index contributed by atoms with van der Waals surface area (Å²) in [6.45, 7) is 0.517. The number of pyridine rings is 1. The summed E-state index contributed by atoms with van der Waals surface area (Å²) in [5.74, 6) is 0.282. The van der Waals surface area contributed by atoms with E-state index in [1.54, 1.807) is 34.7 Å². The van der Waals surface area contributed by atoms with Crippen LogP contribution in [-0.2, 0) is 21.4 Å². The van der Waals surface area contributed by atoms with E-state index >= 15 is 0 Å². The van der Waals surface area contributed by atoms with Gasteiger partial charge in [0.15, 0.2) is 11.5 Å². The summed E-state index contributed by atoms with van der Waals surface area (Å²) in [4.78, 5) is 13.0. The van der Waals surface area contributed by atoms with Gasteiger partial charge in [-0.25, -0.2) is 8.42 Å². The summed E-state index contributed by atoms with van der Waals surface area (Å²) in [5.41, 5.74) is 0.692. The van der Waals surface area contributed by atoms with Crippen LogP contribution in [0.15, 0.2) is 59.6 Å². The fourth-order valence-corrected chi connectivity index (χ4v) is 5.16. The predicted molar refractivity (Wildman–Crippen MR) is 103 cm³/mol. The van der Waals surface area contributed by atoms with Crippen LogP contribution in [0.3, 0.4) is 0 Å². The smallest absolute Gasteiger partial charge is 0.243 e. The van der Waals surface area contributed by atoms with Gasteiger partial charge in [-0.05, 0) is 37.1 Å². The Morgan fingerprint density at radius 1 is 1.07 bits per heavy atom. The summed E-state index contributed by atoms with van der Waals surface area (Å²) < 4.78 is 29.2. The molecular formula is C19H21N5O3S. The third-order valence-electron chi connectivity index (χ3n) is 4.91. The SMILES string of the molecule is O=C(NCc1nnc2ccccn12)[C@H]1CCCCN1S(=O)(=O)c1ccccc1. The molecule has 1 atom stereocenters. The average Bonchev–Trinajstić information content (AvgIpc) is 3.16. The van der Waals surface area contributed by atoms with Gasteiger partial charge in [0.05, 0.1) is 11.4 Å². The molecule has 1 fully saturated rings. The van der Waals surface area contributed by atoms with E-state index in [-0.39, 0.29) is 17.3 Å². The van der Waals surface area contributed by atoms with Crippen molar-refractivity contribution in [2.45, 2.75) is 36.7 Å². The second-order valence-electron chi connectivity index (χ2n) is 6.70. The number of carbonyl (C=O) groups excluding carboxylic acids is 1. The van der Waals surface area contributed by atoms with Crippen molar-refractivity contribution in [1.29, 1.82) is 0 Å². The van der Waals surface area contributed by atoms with Gasteiger partial charge in [0.1, 0.15) is 6.04 Å². The zero-order valence-electron chi connectivity index (χ0n) is 15.2.